The number of hydrogen-bond acceptors (Lipinski definition) is 6. The summed E-state index contributed by atoms with van der Waals surface area (Å²) in [6.45, 7) is 11.9. The van der Waals surface area contributed by atoms with Crippen LogP contribution in [-0.2, 0) is 4.74 Å². The molecule has 0 saturated carbocycles. The van der Waals surface area contributed by atoms with Gasteiger partial charge in [0.25, 0.3) is 0 Å². The van der Waals surface area contributed by atoms with E-state index in [4.69, 9.17) is 4.74 Å². The zero-order valence-electron chi connectivity index (χ0n) is 17.2. The summed E-state index contributed by atoms with van der Waals surface area (Å²) in [5, 5.41) is 0. The van der Waals surface area contributed by atoms with Gasteiger partial charge in [0.2, 0.25) is 0 Å². The standard InChI is InChI=1S/C21H29N5O2/c1-5-26(18-9-7-8-16(3)14-18)20-15-19(22-17(4)23-20)24-10-12-25(13-11-24)21(27)28-6-2/h7-9,14-15H,5-6,10-13H2,1-4H3. The maximum atomic E-state index is 11.9. The molecule has 0 bridgehead atoms. The number of anilines is 3. The number of amides is 1. The normalized spacial score (nSPS) is 14.1. The number of ether oxygens (including phenoxy) is 1. The van der Waals surface area contributed by atoms with E-state index < -0.39 is 0 Å². The van der Waals surface area contributed by atoms with Crippen LogP contribution in [0.25, 0.3) is 0 Å². The van der Waals surface area contributed by atoms with Crippen LogP contribution in [0.4, 0.5) is 22.1 Å². The van der Waals surface area contributed by atoms with Crippen LogP contribution in [0, 0.1) is 13.8 Å². The molecule has 1 fully saturated rings. The molecule has 0 unspecified atom stereocenters. The molecule has 0 radical (unpaired) electrons. The molecule has 28 heavy (non-hydrogen) atoms. The van der Waals surface area contributed by atoms with Gasteiger partial charge >= 0.3 is 6.09 Å². The quantitative estimate of drug-likeness (QED) is 0.787. The van der Waals surface area contributed by atoms with E-state index in [1.165, 1.54) is 5.56 Å². The van der Waals surface area contributed by atoms with E-state index >= 15 is 0 Å². The first-order valence-corrected chi connectivity index (χ1v) is 9.88. The number of carbonyl (C=O) groups excluding carboxylic acids is 1. The zero-order chi connectivity index (χ0) is 20.1. The van der Waals surface area contributed by atoms with Crippen LogP contribution in [-0.4, -0.2) is 60.3 Å². The number of piperazine rings is 1. The number of aryl methyl sites for hydroxylation is 2. The summed E-state index contributed by atoms with van der Waals surface area (Å²) in [6, 6.07) is 10.5. The minimum absolute atomic E-state index is 0.238. The molecule has 1 aliphatic rings. The van der Waals surface area contributed by atoms with Crippen LogP contribution in [0.15, 0.2) is 30.3 Å². The molecule has 0 atom stereocenters. The molecule has 3 rings (SSSR count). The molecule has 0 N–H and O–H groups in total. The smallest absolute Gasteiger partial charge is 0.409 e. The predicted octanol–water partition coefficient (Wildman–Crippen LogP) is 3.53. The highest BCUT2D eigenvalue weighted by atomic mass is 16.6. The van der Waals surface area contributed by atoms with Gasteiger partial charge in [0.05, 0.1) is 6.61 Å². The van der Waals surface area contributed by atoms with Crippen LogP contribution in [0.5, 0.6) is 0 Å². The highest BCUT2D eigenvalue weighted by Gasteiger charge is 2.23. The van der Waals surface area contributed by atoms with Crippen molar-refractivity contribution in [2.45, 2.75) is 27.7 Å². The average molecular weight is 383 g/mol. The van der Waals surface area contributed by atoms with Crippen LogP contribution in [0.1, 0.15) is 25.2 Å². The molecule has 1 aromatic carbocycles. The van der Waals surface area contributed by atoms with Gasteiger partial charge in [-0.1, -0.05) is 12.1 Å². The largest absolute Gasteiger partial charge is 0.450 e. The van der Waals surface area contributed by atoms with Crippen molar-refractivity contribution >= 4 is 23.4 Å². The second kappa shape index (κ2) is 8.91. The predicted molar refractivity (Wildman–Crippen MR) is 111 cm³/mol. The third-order valence-electron chi connectivity index (χ3n) is 4.85. The highest BCUT2D eigenvalue weighted by molar-refractivity contribution is 5.68. The van der Waals surface area contributed by atoms with Crippen molar-refractivity contribution in [1.82, 2.24) is 14.9 Å². The SMILES string of the molecule is CCOC(=O)N1CCN(c2cc(N(CC)c3cccc(C)c3)nc(C)n2)CC1. The fourth-order valence-electron chi connectivity index (χ4n) is 3.44. The molecular weight excluding hydrogens is 354 g/mol. The molecule has 150 valence electrons. The summed E-state index contributed by atoms with van der Waals surface area (Å²) in [7, 11) is 0. The zero-order valence-corrected chi connectivity index (χ0v) is 17.2. The van der Waals surface area contributed by atoms with E-state index in [9.17, 15) is 4.79 Å². The van der Waals surface area contributed by atoms with Gasteiger partial charge in [-0.15, -0.1) is 0 Å². The van der Waals surface area contributed by atoms with Crippen LogP contribution in [0.2, 0.25) is 0 Å². The highest BCUT2D eigenvalue weighted by Crippen LogP contribution is 2.27. The van der Waals surface area contributed by atoms with Gasteiger partial charge in [0, 0.05) is 44.5 Å². The number of nitrogens with zero attached hydrogens (tertiary/aromatic N) is 5. The summed E-state index contributed by atoms with van der Waals surface area (Å²) in [5.74, 6) is 2.53. The van der Waals surface area contributed by atoms with E-state index in [0.717, 1.165) is 42.8 Å². The second-order valence-corrected chi connectivity index (χ2v) is 6.89. The maximum Gasteiger partial charge on any atom is 0.409 e. The summed E-state index contributed by atoms with van der Waals surface area (Å²) < 4.78 is 5.10. The lowest BCUT2D eigenvalue weighted by atomic mass is 10.2. The molecule has 7 nitrogen and oxygen atoms in total. The molecule has 2 heterocycles. The summed E-state index contributed by atoms with van der Waals surface area (Å²) in [6.07, 6.45) is -0.238. The molecule has 1 saturated heterocycles. The molecule has 1 aliphatic heterocycles. The molecule has 1 amide bonds. The molecule has 2 aromatic rings. The first-order chi connectivity index (χ1) is 13.5. The maximum absolute atomic E-state index is 11.9. The Morgan fingerprint density at radius 1 is 1.11 bits per heavy atom. The lowest BCUT2D eigenvalue weighted by Gasteiger charge is -2.35. The van der Waals surface area contributed by atoms with Gasteiger partial charge in [-0.3, -0.25) is 0 Å². The number of benzene rings is 1. The third kappa shape index (κ3) is 4.52. The van der Waals surface area contributed by atoms with E-state index in [1.54, 1.807) is 4.90 Å². The number of aromatic nitrogens is 2. The Labute approximate surface area is 166 Å². The van der Waals surface area contributed by atoms with E-state index in [1.807, 2.05) is 19.9 Å². The van der Waals surface area contributed by atoms with Gasteiger partial charge in [-0.25, -0.2) is 14.8 Å². The van der Waals surface area contributed by atoms with Gasteiger partial charge < -0.3 is 19.4 Å². The summed E-state index contributed by atoms with van der Waals surface area (Å²) in [4.78, 5) is 27.4. The summed E-state index contributed by atoms with van der Waals surface area (Å²) in [5.41, 5.74) is 2.34. The molecule has 1 aromatic heterocycles. The van der Waals surface area contributed by atoms with E-state index in [2.05, 4.69) is 57.9 Å². The van der Waals surface area contributed by atoms with Crippen molar-refractivity contribution < 1.29 is 9.53 Å². The van der Waals surface area contributed by atoms with Crippen molar-refractivity contribution in [1.29, 1.82) is 0 Å². The Morgan fingerprint density at radius 2 is 1.86 bits per heavy atom. The Hall–Kier alpha value is -2.83. The van der Waals surface area contributed by atoms with Crippen molar-refractivity contribution in [3.05, 3.63) is 41.7 Å². The molecular formula is C21H29N5O2. The Morgan fingerprint density at radius 3 is 2.50 bits per heavy atom. The van der Waals surface area contributed by atoms with Gasteiger partial charge in [-0.05, 0) is 45.4 Å². The number of carbonyl (C=O) groups is 1. The fourth-order valence-corrected chi connectivity index (χ4v) is 3.44. The molecule has 0 spiro atoms. The first-order valence-electron chi connectivity index (χ1n) is 9.88. The number of hydrogen-bond donors (Lipinski definition) is 0. The minimum atomic E-state index is -0.238. The van der Waals surface area contributed by atoms with Crippen molar-refractivity contribution in [2.24, 2.45) is 0 Å². The topological polar surface area (TPSA) is 61.8 Å². The summed E-state index contributed by atoms with van der Waals surface area (Å²) >= 11 is 0. The lowest BCUT2D eigenvalue weighted by molar-refractivity contribution is 0.105. The van der Waals surface area contributed by atoms with Gasteiger partial charge in [0.15, 0.2) is 0 Å². The third-order valence-corrected chi connectivity index (χ3v) is 4.85. The number of rotatable bonds is 5. The second-order valence-electron chi connectivity index (χ2n) is 6.89. The molecule has 0 aliphatic carbocycles. The molecule has 7 heteroatoms. The average Bonchev–Trinajstić information content (AvgIpc) is 2.68. The van der Waals surface area contributed by atoms with Gasteiger partial charge in [0.1, 0.15) is 17.5 Å². The van der Waals surface area contributed by atoms with Crippen LogP contribution in [0.3, 0.4) is 0 Å². The lowest BCUT2D eigenvalue weighted by Crippen LogP contribution is -2.49. The van der Waals surface area contributed by atoms with Crippen molar-refractivity contribution in [3.63, 3.8) is 0 Å². The van der Waals surface area contributed by atoms with Gasteiger partial charge in [-0.2, -0.15) is 0 Å². The Balaban J connectivity index is 1.79. The van der Waals surface area contributed by atoms with E-state index in [0.29, 0.717) is 19.7 Å². The van der Waals surface area contributed by atoms with Crippen LogP contribution < -0.4 is 9.80 Å². The monoisotopic (exact) mass is 383 g/mol. The van der Waals surface area contributed by atoms with Crippen molar-refractivity contribution in [2.75, 3.05) is 49.1 Å². The van der Waals surface area contributed by atoms with Crippen LogP contribution >= 0.6 is 0 Å². The first kappa shape index (κ1) is 19.9. The van der Waals surface area contributed by atoms with E-state index in [-0.39, 0.29) is 6.09 Å². The van der Waals surface area contributed by atoms with Crippen molar-refractivity contribution in [3.8, 4) is 0 Å². The minimum Gasteiger partial charge on any atom is -0.450 e. The fraction of sp³-hybridized carbons (Fsp3) is 0.476. The Kier molecular flexibility index (Phi) is 6.34. The Bertz CT molecular complexity index is 818.